The van der Waals surface area contributed by atoms with Crippen molar-refractivity contribution in [3.05, 3.63) is 58.4 Å². The van der Waals surface area contributed by atoms with E-state index >= 15 is 0 Å². The number of benzene rings is 1. The molecule has 0 amide bonds. The van der Waals surface area contributed by atoms with E-state index in [1.54, 1.807) is 24.3 Å². The first kappa shape index (κ1) is 17.1. The van der Waals surface area contributed by atoms with Gasteiger partial charge in [0.1, 0.15) is 12.3 Å². The van der Waals surface area contributed by atoms with Crippen LogP contribution in [0.5, 0.6) is 0 Å². The van der Waals surface area contributed by atoms with Gasteiger partial charge in [-0.3, -0.25) is 0 Å². The van der Waals surface area contributed by atoms with Gasteiger partial charge in [-0.1, -0.05) is 30.3 Å². The molecular formula is C16H16F3NO3. The second-order valence-electron chi connectivity index (χ2n) is 5.17. The summed E-state index contributed by atoms with van der Waals surface area (Å²) in [4.78, 5) is 14.6. The topological polar surface area (TPSA) is 62.3 Å². The molecule has 7 heteroatoms. The Kier molecular flexibility index (Phi) is 4.79. The second kappa shape index (κ2) is 6.45. The van der Waals surface area contributed by atoms with Gasteiger partial charge in [0.15, 0.2) is 6.10 Å². The van der Waals surface area contributed by atoms with Crippen molar-refractivity contribution in [1.82, 2.24) is 4.98 Å². The summed E-state index contributed by atoms with van der Waals surface area (Å²) in [6.45, 7) is 2.71. The van der Waals surface area contributed by atoms with E-state index in [4.69, 9.17) is 4.74 Å². The van der Waals surface area contributed by atoms with E-state index in [1.807, 2.05) is 6.07 Å². The molecule has 1 aromatic carbocycles. The minimum Gasteiger partial charge on any atom is -0.456 e. The molecule has 0 aliphatic carbocycles. The molecule has 1 unspecified atom stereocenters. The number of carbonyl (C=O) groups excluding carboxylic acids is 1. The molecule has 0 saturated carbocycles. The Balaban J connectivity index is 2.19. The fraction of sp³-hybridized carbons (Fsp3) is 0.312. The van der Waals surface area contributed by atoms with E-state index in [0.29, 0.717) is 0 Å². The number of ether oxygens (including phenoxy) is 1. The van der Waals surface area contributed by atoms with Crippen LogP contribution in [-0.2, 0) is 11.3 Å². The number of aromatic nitrogens is 1. The van der Waals surface area contributed by atoms with E-state index in [9.17, 15) is 23.1 Å². The number of esters is 1. The number of aromatic amines is 1. The van der Waals surface area contributed by atoms with E-state index in [2.05, 4.69) is 4.98 Å². The quantitative estimate of drug-likeness (QED) is 0.844. The normalized spacial score (nSPS) is 13.0. The van der Waals surface area contributed by atoms with Gasteiger partial charge in [0.2, 0.25) is 0 Å². The van der Waals surface area contributed by atoms with Crippen molar-refractivity contribution < 1.29 is 27.8 Å². The van der Waals surface area contributed by atoms with Crippen LogP contribution in [0.15, 0.2) is 30.3 Å². The molecule has 23 heavy (non-hydrogen) atoms. The third kappa shape index (κ3) is 3.73. The molecule has 0 radical (unpaired) electrons. The van der Waals surface area contributed by atoms with Crippen LogP contribution in [0, 0.1) is 13.8 Å². The predicted octanol–water partition coefficient (Wildman–Crippen LogP) is 3.58. The molecular weight excluding hydrogens is 311 g/mol. The second-order valence-corrected chi connectivity index (χ2v) is 5.17. The molecule has 1 heterocycles. The van der Waals surface area contributed by atoms with Crippen LogP contribution in [0.4, 0.5) is 13.2 Å². The van der Waals surface area contributed by atoms with Gasteiger partial charge in [0.25, 0.3) is 0 Å². The number of H-pyrrole nitrogens is 1. The lowest BCUT2D eigenvalue weighted by atomic mass is 10.0. The summed E-state index contributed by atoms with van der Waals surface area (Å²) in [6, 6.07) is 8.91. The monoisotopic (exact) mass is 327 g/mol. The first-order valence-electron chi connectivity index (χ1n) is 6.86. The average molecular weight is 327 g/mol. The Labute approximate surface area is 130 Å². The number of aryl methyl sites for hydroxylation is 1. The van der Waals surface area contributed by atoms with Gasteiger partial charge < -0.3 is 14.8 Å². The van der Waals surface area contributed by atoms with Crippen LogP contribution < -0.4 is 0 Å². The molecule has 0 aliphatic heterocycles. The molecule has 2 N–H and O–H groups in total. The number of carbonyl (C=O) groups is 1. The van der Waals surface area contributed by atoms with E-state index in [-0.39, 0.29) is 29.1 Å². The van der Waals surface area contributed by atoms with Crippen molar-refractivity contribution in [3.8, 4) is 0 Å². The van der Waals surface area contributed by atoms with Crippen LogP contribution in [0.2, 0.25) is 0 Å². The van der Waals surface area contributed by atoms with Gasteiger partial charge in [0.05, 0.1) is 0 Å². The van der Waals surface area contributed by atoms with Crippen molar-refractivity contribution in [2.75, 3.05) is 0 Å². The third-order valence-corrected chi connectivity index (χ3v) is 3.50. The van der Waals surface area contributed by atoms with E-state index < -0.39 is 18.2 Å². The number of nitrogens with one attached hydrogen (secondary N) is 1. The van der Waals surface area contributed by atoms with Crippen molar-refractivity contribution in [2.45, 2.75) is 32.7 Å². The molecule has 0 aliphatic rings. The summed E-state index contributed by atoms with van der Waals surface area (Å²) in [5.41, 5.74) is 0.447. The van der Waals surface area contributed by atoms with Gasteiger partial charge in [-0.25, -0.2) is 4.79 Å². The highest BCUT2D eigenvalue weighted by Gasteiger charge is 2.42. The minimum atomic E-state index is -4.80. The average Bonchev–Trinajstić information content (AvgIpc) is 2.79. The number of hydrogen-bond donors (Lipinski definition) is 2. The SMILES string of the molecule is Cc1[nH]c(C(=O)OCc2ccccc2)c(C)c1C(O)C(F)(F)F. The zero-order chi connectivity index (χ0) is 17.2. The van der Waals surface area contributed by atoms with Crippen LogP contribution in [-0.4, -0.2) is 22.2 Å². The summed E-state index contributed by atoms with van der Waals surface area (Å²) < 4.78 is 43.2. The van der Waals surface area contributed by atoms with Crippen molar-refractivity contribution in [2.24, 2.45) is 0 Å². The van der Waals surface area contributed by atoms with E-state index in [1.165, 1.54) is 13.8 Å². The number of aliphatic hydroxyl groups excluding tert-OH is 1. The maximum Gasteiger partial charge on any atom is 0.418 e. The largest absolute Gasteiger partial charge is 0.456 e. The first-order chi connectivity index (χ1) is 10.7. The highest BCUT2D eigenvalue weighted by molar-refractivity contribution is 5.89. The first-order valence-corrected chi connectivity index (χ1v) is 6.86. The molecule has 0 bridgehead atoms. The number of hydrogen-bond acceptors (Lipinski definition) is 3. The van der Waals surface area contributed by atoms with Gasteiger partial charge in [-0.15, -0.1) is 0 Å². The number of rotatable bonds is 4. The highest BCUT2D eigenvalue weighted by atomic mass is 19.4. The number of alkyl halides is 3. The molecule has 2 rings (SSSR count). The maximum atomic E-state index is 12.7. The van der Waals surface area contributed by atoms with Crippen LogP contribution >= 0.6 is 0 Å². The van der Waals surface area contributed by atoms with Gasteiger partial charge in [0, 0.05) is 11.3 Å². The van der Waals surface area contributed by atoms with Gasteiger partial charge in [-0.05, 0) is 25.0 Å². The Morgan fingerprint density at radius 2 is 1.87 bits per heavy atom. The standard InChI is InChI=1S/C16H16F3NO3/c1-9-12(14(21)16(17,18)19)10(2)20-13(9)15(22)23-8-11-6-4-3-5-7-11/h3-7,14,20-21H,8H2,1-2H3. The fourth-order valence-corrected chi connectivity index (χ4v) is 2.34. The number of halogens is 3. The van der Waals surface area contributed by atoms with Crippen molar-refractivity contribution in [1.29, 1.82) is 0 Å². The Hall–Kier alpha value is -2.28. The minimum absolute atomic E-state index is 0.00827. The Morgan fingerprint density at radius 1 is 1.26 bits per heavy atom. The highest BCUT2D eigenvalue weighted by Crippen LogP contribution is 2.36. The smallest absolute Gasteiger partial charge is 0.418 e. The molecule has 1 atom stereocenters. The molecule has 1 aromatic heterocycles. The zero-order valence-electron chi connectivity index (χ0n) is 12.6. The van der Waals surface area contributed by atoms with Crippen molar-refractivity contribution >= 4 is 5.97 Å². The van der Waals surface area contributed by atoms with E-state index in [0.717, 1.165) is 5.56 Å². The molecule has 0 saturated heterocycles. The lowest BCUT2D eigenvalue weighted by Gasteiger charge is -2.15. The summed E-state index contributed by atoms with van der Waals surface area (Å²) in [5.74, 6) is -0.768. The van der Waals surface area contributed by atoms with Crippen LogP contribution in [0.3, 0.4) is 0 Å². The summed E-state index contributed by atoms with van der Waals surface area (Å²) in [5, 5.41) is 9.42. The molecule has 2 aromatic rings. The molecule has 124 valence electrons. The fourth-order valence-electron chi connectivity index (χ4n) is 2.34. The Bertz CT molecular complexity index is 693. The Morgan fingerprint density at radius 3 is 2.43 bits per heavy atom. The van der Waals surface area contributed by atoms with Crippen molar-refractivity contribution in [3.63, 3.8) is 0 Å². The van der Waals surface area contributed by atoms with Crippen LogP contribution in [0.25, 0.3) is 0 Å². The van der Waals surface area contributed by atoms with Gasteiger partial charge in [-0.2, -0.15) is 13.2 Å². The molecule has 0 spiro atoms. The maximum absolute atomic E-state index is 12.7. The molecule has 0 fully saturated rings. The third-order valence-electron chi connectivity index (χ3n) is 3.50. The zero-order valence-corrected chi connectivity index (χ0v) is 12.6. The number of aliphatic hydroxyl groups is 1. The van der Waals surface area contributed by atoms with Gasteiger partial charge >= 0.3 is 12.1 Å². The lowest BCUT2D eigenvalue weighted by molar-refractivity contribution is -0.207. The lowest BCUT2D eigenvalue weighted by Crippen LogP contribution is -2.21. The summed E-state index contributed by atoms with van der Waals surface area (Å²) >= 11 is 0. The summed E-state index contributed by atoms with van der Waals surface area (Å²) in [7, 11) is 0. The predicted molar refractivity (Wildman–Crippen MR) is 76.8 cm³/mol. The van der Waals surface area contributed by atoms with Crippen LogP contribution in [0.1, 0.15) is 39.0 Å². The summed E-state index contributed by atoms with van der Waals surface area (Å²) in [6.07, 6.45) is -7.45. The molecule has 4 nitrogen and oxygen atoms in total.